The minimum Gasteiger partial charge on any atom is -0.393 e. The lowest BCUT2D eigenvalue weighted by Gasteiger charge is -2.23. The van der Waals surface area contributed by atoms with Gasteiger partial charge in [-0.15, -0.1) is 0 Å². The number of nitrogens with two attached hydrogens (primary N) is 1. The quantitative estimate of drug-likeness (QED) is 0.538. The van der Waals surface area contributed by atoms with Gasteiger partial charge in [-0.2, -0.15) is 0 Å². The number of hydrogen-bond acceptors (Lipinski definition) is 3. The summed E-state index contributed by atoms with van der Waals surface area (Å²) >= 11 is 12.9. The van der Waals surface area contributed by atoms with Crippen molar-refractivity contribution in [1.82, 2.24) is 4.90 Å². The highest BCUT2D eigenvalue weighted by molar-refractivity contribution is 14.1. The normalized spacial score (nSPS) is 10.3. The van der Waals surface area contributed by atoms with Gasteiger partial charge in [-0.1, -0.05) is 23.8 Å². The third-order valence-electron chi connectivity index (χ3n) is 2.64. The van der Waals surface area contributed by atoms with Gasteiger partial charge in [-0.3, -0.25) is 4.79 Å². The average Bonchev–Trinajstić information content (AvgIpc) is 2.40. The minimum atomic E-state index is -0.0924. The van der Waals surface area contributed by atoms with Gasteiger partial charge in [0.15, 0.2) is 0 Å². The lowest BCUT2D eigenvalue weighted by Crippen LogP contribution is -2.36. The fraction of sp³-hybridized carbons (Fsp3) is 0.385. The van der Waals surface area contributed by atoms with E-state index in [0.29, 0.717) is 41.7 Å². The topological polar surface area (TPSA) is 55.6 Å². The van der Waals surface area contributed by atoms with Gasteiger partial charge in [0.2, 0.25) is 0 Å². The molecule has 0 aliphatic carbocycles. The summed E-state index contributed by atoms with van der Waals surface area (Å²) in [5.41, 5.74) is 6.08. The van der Waals surface area contributed by atoms with Crippen LogP contribution < -0.4 is 5.73 Å². The number of carbonyl (C=O) groups excluding carboxylic acids is 1. The maximum atomic E-state index is 12.6. The van der Waals surface area contributed by atoms with E-state index in [1.165, 1.54) is 0 Å². The Hall–Kier alpha value is -0.440. The molecule has 20 heavy (non-hydrogen) atoms. The number of methoxy groups -OCH3 is 1. The average molecular weight is 427 g/mol. The smallest absolute Gasteiger partial charge is 0.255 e. The molecule has 0 aromatic heterocycles. The van der Waals surface area contributed by atoms with Crippen molar-refractivity contribution in [3.05, 3.63) is 32.4 Å². The molecule has 0 heterocycles. The zero-order valence-corrected chi connectivity index (χ0v) is 14.8. The Kier molecular flexibility index (Phi) is 7.71. The van der Waals surface area contributed by atoms with Crippen LogP contribution in [-0.4, -0.2) is 42.6 Å². The molecule has 2 N–H and O–H groups in total. The molecule has 7 heteroatoms. The van der Waals surface area contributed by atoms with E-state index in [2.05, 4.69) is 22.6 Å². The molecule has 0 unspecified atom stereocenters. The van der Waals surface area contributed by atoms with Crippen LogP contribution >= 0.6 is 46.4 Å². The summed E-state index contributed by atoms with van der Waals surface area (Å²) in [6.07, 6.45) is 0.488. The molecule has 0 fully saturated rings. The molecule has 110 valence electrons. The van der Waals surface area contributed by atoms with E-state index in [-0.39, 0.29) is 5.91 Å². The van der Waals surface area contributed by atoms with Crippen molar-refractivity contribution in [3.63, 3.8) is 0 Å². The summed E-state index contributed by atoms with van der Waals surface area (Å²) < 4.78 is 5.89. The minimum absolute atomic E-state index is 0.0924. The van der Waals surface area contributed by atoms with Crippen molar-refractivity contribution in [2.24, 2.45) is 5.73 Å². The van der Waals surface area contributed by atoms with Gasteiger partial charge < -0.3 is 15.4 Å². The van der Waals surface area contributed by atoms with Crippen molar-refractivity contribution in [1.29, 1.82) is 0 Å². The van der Waals surface area contributed by atoms with Crippen molar-refractivity contribution >= 4 is 57.3 Å². The lowest BCUT2D eigenvalue weighted by atomic mass is 10.2. The van der Waals surface area contributed by atoms with Gasteiger partial charge in [-0.05, 0) is 40.8 Å². The Balaban J connectivity index is 2.90. The molecule has 0 aliphatic rings. The summed E-state index contributed by atoms with van der Waals surface area (Å²) in [6, 6.07) is 5.25. The molecule has 4 nitrogen and oxygen atoms in total. The molecule has 0 radical (unpaired) electrons. The van der Waals surface area contributed by atoms with Crippen LogP contribution in [-0.2, 0) is 4.74 Å². The second-order valence-electron chi connectivity index (χ2n) is 4.13. The van der Waals surface area contributed by atoms with Gasteiger partial charge in [0.05, 0.1) is 17.2 Å². The Labute approximate surface area is 142 Å². The zero-order chi connectivity index (χ0) is 15.1. The number of amides is 1. The van der Waals surface area contributed by atoms with Crippen LogP contribution in [0, 0.1) is 3.57 Å². The number of ether oxygens (including phenoxy) is 1. The molecule has 1 amide bonds. The van der Waals surface area contributed by atoms with Crippen LogP contribution in [0.1, 0.15) is 16.8 Å². The number of rotatable bonds is 7. The van der Waals surface area contributed by atoms with Crippen LogP contribution in [0.25, 0.3) is 0 Å². The van der Waals surface area contributed by atoms with Crippen molar-refractivity contribution in [2.45, 2.75) is 6.42 Å². The molecule has 0 saturated carbocycles. The van der Waals surface area contributed by atoms with E-state index in [9.17, 15) is 4.79 Å². The van der Waals surface area contributed by atoms with E-state index in [1.807, 2.05) is 6.07 Å². The van der Waals surface area contributed by atoms with Crippen LogP contribution in [0.3, 0.4) is 0 Å². The Morgan fingerprint density at radius 3 is 2.80 bits per heavy atom. The molecule has 0 spiro atoms. The van der Waals surface area contributed by atoms with Gasteiger partial charge in [-0.25, -0.2) is 0 Å². The number of benzene rings is 1. The van der Waals surface area contributed by atoms with Crippen LogP contribution in [0.2, 0.25) is 5.02 Å². The number of thiocarbonyl (C=S) groups is 1. The molecule has 1 aromatic carbocycles. The van der Waals surface area contributed by atoms with Crippen LogP contribution in [0.15, 0.2) is 18.2 Å². The van der Waals surface area contributed by atoms with E-state index >= 15 is 0 Å². The summed E-state index contributed by atoms with van der Waals surface area (Å²) in [6.45, 7) is 1.42. The number of carbonyl (C=O) groups is 1. The number of nitrogens with zero attached hydrogens (tertiary/aromatic N) is 1. The summed E-state index contributed by atoms with van der Waals surface area (Å²) in [5.74, 6) is -0.0924. The maximum absolute atomic E-state index is 12.6. The second-order valence-corrected chi connectivity index (χ2v) is 6.25. The first-order chi connectivity index (χ1) is 9.45. The third-order valence-corrected chi connectivity index (χ3v) is 4.02. The standard InChI is InChI=1S/C13H16ClIN2O2S/c1-19-7-6-17(5-4-12(16)20)13(18)10-8-9(14)2-3-11(10)15/h2-3,8H,4-7H2,1H3,(H2,16,20). The van der Waals surface area contributed by atoms with E-state index in [1.54, 1.807) is 24.1 Å². The first-order valence-corrected chi connectivity index (χ1v) is 7.83. The largest absolute Gasteiger partial charge is 0.393 e. The second kappa shape index (κ2) is 8.76. The fourth-order valence-corrected chi connectivity index (χ4v) is 2.42. The van der Waals surface area contributed by atoms with Gasteiger partial charge in [0.25, 0.3) is 5.91 Å². The Morgan fingerprint density at radius 2 is 2.20 bits per heavy atom. The van der Waals surface area contributed by atoms with Gasteiger partial charge >= 0.3 is 0 Å². The SMILES string of the molecule is COCCN(CCC(N)=S)C(=O)c1cc(Cl)ccc1I. The fourth-order valence-electron chi connectivity index (χ4n) is 1.59. The van der Waals surface area contributed by atoms with Crippen LogP contribution in [0.5, 0.6) is 0 Å². The molecule has 0 atom stereocenters. The molecule has 1 aromatic rings. The Morgan fingerprint density at radius 1 is 1.50 bits per heavy atom. The zero-order valence-electron chi connectivity index (χ0n) is 11.1. The molecule has 0 saturated heterocycles. The van der Waals surface area contributed by atoms with Crippen molar-refractivity contribution in [2.75, 3.05) is 26.8 Å². The number of hydrogen-bond donors (Lipinski definition) is 1. The summed E-state index contributed by atoms with van der Waals surface area (Å²) in [7, 11) is 1.60. The predicted octanol–water partition coefficient (Wildman–Crippen LogP) is 2.71. The predicted molar refractivity (Wildman–Crippen MR) is 93.4 cm³/mol. The first kappa shape index (κ1) is 17.6. The number of halogens is 2. The van der Waals surface area contributed by atoms with E-state index in [4.69, 9.17) is 34.3 Å². The summed E-state index contributed by atoms with van der Waals surface area (Å²) in [5, 5.41) is 0.537. The van der Waals surface area contributed by atoms with Crippen molar-refractivity contribution < 1.29 is 9.53 Å². The Bertz CT molecular complexity index is 499. The van der Waals surface area contributed by atoms with E-state index in [0.717, 1.165) is 3.57 Å². The van der Waals surface area contributed by atoms with Gasteiger partial charge in [0, 0.05) is 35.2 Å². The monoisotopic (exact) mass is 426 g/mol. The highest BCUT2D eigenvalue weighted by atomic mass is 127. The highest BCUT2D eigenvalue weighted by Crippen LogP contribution is 2.19. The molecule has 0 bridgehead atoms. The first-order valence-electron chi connectivity index (χ1n) is 5.97. The highest BCUT2D eigenvalue weighted by Gasteiger charge is 2.18. The summed E-state index contributed by atoms with van der Waals surface area (Å²) in [4.78, 5) is 14.6. The van der Waals surface area contributed by atoms with E-state index < -0.39 is 0 Å². The van der Waals surface area contributed by atoms with Crippen molar-refractivity contribution in [3.8, 4) is 0 Å². The molecule has 0 aliphatic heterocycles. The lowest BCUT2D eigenvalue weighted by molar-refractivity contribution is 0.0700. The molecule has 1 rings (SSSR count). The maximum Gasteiger partial charge on any atom is 0.255 e. The molecular formula is C13H16ClIN2O2S. The molecular weight excluding hydrogens is 411 g/mol. The van der Waals surface area contributed by atoms with Crippen LogP contribution in [0.4, 0.5) is 0 Å². The third kappa shape index (κ3) is 5.51. The van der Waals surface area contributed by atoms with Gasteiger partial charge in [0.1, 0.15) is 0 Å².